The van der Waals surface area contributed by atoms with Crippen molar-refractivity contribution in [1.82, 2.24) is 4.90 Å². The highest BCUT2D eigenvalue weighted by Gasteiger charge is 2.44. The van der Waals surface area contributed by atoms with Crippen LogP contribution in [0.2, 0.25) is 0 Å². The van der Waals surface area contributed by atoms with Gasteiger partial charge in [-0.3, -0.25) is 4.79 Å². The van der Waals surface area contributed by atoms with Gasteiger partial charge in [-0.15, -0.1) is 0 Å². The van der Waals surface area contributed by atoms with Crippen molar-refractivity contribution in [3.05, 3.63) is 11.1 Å². The second-order valence-corrected chi connectivity index (χ2v) is 4.84. The molecule has 3 heteroatoms. The molecular formula is C11H15NOS. The van der Waals surface area contributed by atoms with Gasteiger partial charge in [-0.05, 0) is 26.7 Å². The van der Waals surface area contributed by atoms with E-state index in [0.29, 0.717) is 5.92 Å². The highest BCUT2D eigenvalue weighted by molar-refractivity contribution is 7.80. The van der Waals surface area contributed by atoms with Crippen LogP contribution in [0.25, 0.3) is 0 Å². The monoisotopic (exact) mass is 209 g/mol. The van der Waals surface area contributed by atoms with Crippen LogP contribution in [0, 0.1) is 11.8 Å². The van der Waals surface area contributed by atoms with Gasteiger partial charge in [-0.25, -0.2) is 0 Å². The van der Waals surface area contributed by atoms with Crippen LogP contribution in [0.1, 0.15) is 26.7 Å². The maximum Gasteiger partial charge on any atom is 0.231 e. The minimum absolute atomic E-state index is 0.135. The number of carbonyl (C=O) groups excluding carboxylic acids is 1. The Bertz CT molecular complexity index is 313. The number of hydrogen-bond acceptors (Lipinski definition) is 2. The number of rotatable bonds is 0. The zero-order valence-electron chi connectivity index (χ0n) is 8.83. The van der Waals surface area contributed by atoms with Crippen molar-refractivity contribution < 1.29 is 4.79 Å². The van der Waals surface area contributed by atoms with Crippen LogP contribution in [0.3, 0.4) is 0 Å². The summed E-state index contributed by atoms with van der Waals surface area (Å²) in [6.45, 7) is 4.27. The predicted molar refractivity (Wildman–Crippen MR) is 60.0 cm³/mol. The average Bonchev–Trinajstić information content (AvgIpc) is 2.34. The SMILES string of the molecule is CC1=C(C)CC2C(=S)N(C)C(=O)C2C1. The van der Waals surface area contributed by atoms with E-state index in [2.05, 4.69) is 13.8 Å². The van der Waals surface area contributed by atoms with Gasteiger partial charge in [0.05, 0.1) is 10.9 Å². The second kappa shape index (κ2) is 3.16. The Morgan fingerprint density at radius 3 is 2.29 bits per heavy atom. The van der Waals surface area contributed by atoms with Crippen LogP contribution in [0.4, 0.5) is 0 Å². The number of hydrogen-bond donors (Lipinski definition) is 0. The quantitative estimate of drug-likeness (QED) is 0.450. The minimum atomic E-state index is 0.135. The Labute approximate surface area is 90.0 Å². The lowest BCUT2D eigenvalue weighted by Crippen LogP contribution is -2.24. The summed E-state index contributed by atoms with van der Waals surface area (Å²) in [5, 5.41) is 0. The number of amides is 1. The molecule has 2 aliphatic rings. The molecule has 2 rings (SSSR count). The Kier molecular flexibility index (Phi) is 2.22. The molecule has 2 atom stereocenters. The highest BCUT2D eigenvalue weighted by atomic mass is 32.1. The maximum absolute atomic E-state index is 11.8. The van der Waals surface area contributed by atoms with Gasteiger partial charge < -0.3 is 4.90 Å². The Morgan fingerprint density at radius 1 is 1.21 bits per heavy atom. The fourth-order valence-electron chi connectivity index (χ4n) is 2.42. The fraction of sp³-hybridized carbons (Fsp3) is 0.636. The molecule has 0 aromatic carbocycles. The smallest absolute Gasteiger partial charge is 0.231 e. The molecule has 0 aromatic rings. The molecular weight excluding hydrogens is 194 g/mol. The summed E-state index contributed by atoms with van der Waals surface area (Å²) in [6, 6.07) is 0. The normalized spacial score (nSPS) is 32.6. The van der Waals surface area contributed by atoms with Crippen molar-refractivity contribution in [1.29, 1.82) is 0 Å². The van der Waals surface area contributed by atoms with Crippen LogP contribution < -0.4 is 0 Å². The van der Waals surface area contributed by atoms with Crippen molar-refractivity contribution in [2.45, 2.75) is 26.7 Å². The lowest BCUT2D eigenvalue weighted by molar-refractivity contribution is -0.129. The van der Waals surface area contributed by atoms with E-state index in [0.717, 1.165) is 17.8 Å². The summed E-state index contributed by atoms with van der Waals surface area (Å²) in [7, 11) is 1.80. The molecule has 2 nitrogen and oxygen atoms in total. The molecule has 0 bridgehead atoms. The molecule has 1 amide bonds. The average molecular weight is 209 g/mol. The van der Waals surface area contributed by atoms with Crippen molar-refractivity contribution in [2.24, 2.45) is 11.8 Å². The summed E-state index contributed by atoms with van der Waals surface area (Å²) < 4.78 is 0. The van der Waals surface area contributed by atoms with Crippen molar-refractivity contribution in [3.63, 3.8) is 0 Å². The van der Waals surface area contributed by atoms with E-state index < -0.39 is 0 Å². The Balaban J connectivity index is 2.34. The fourth-order valence-corrected chi connectivity index (χ4v) is 2.76. The van der Waals surface area contributed by atoms with Crippen LogP contribution >= 0.6 is 12.2 Å². The van der Waals surface area contributed by atoms with Gasteiger partial charge >= 0.3 is 0 Å². The van der Waals surface area contributed by atoms with Crippen molar-refractivity contribution >= 4 is 23.1 Å². The molecule has 0 aromatic heterocycles. The third-order valence-corrected chi connectivity index (χ3v) is 4.14. The molecule has 1 aliphatic carbocycles. The number of likely N-dealkylation sites (tertiary alicyclic amines) is 1. The zero-order chi connectivity index (χ0) is 10.5. The molecule has 14 heavy (non-hydrogen) atoms. The van der Waals surface area contributed by atoms with Crippen LogP contribution in [0.5, 0.6) is 0 Å². The van der Waals surface area contributed by atoms with Gasteiger partial charge in [0.1, 0.15) is 0 Å². The molecule has 76 valence electrons. The number of thiocarbonyl (C=S) groups is 1. The van der Waals surface area contributed by atoms with Crippen LogP contribution in [0.15, 0.2) is 11.1 Å². The van der Waals surface area contributed by atoms with Crippen molar-refractivity contribution in [3.8, 4) is 0 Å². The van der Waals surface area contributed by atoms with Gasteiger partial charge in [-0.1, -0.05) is 23.4 Å². The van der Waals surface area contributed by atoms with E-state index in [1.165, 1.54) is 11.1 Å². The largest absolute Gasteiger partial charge is 0.309 e. The minimum Gasteiger partial charge on any atom is -0.309 e. The van der Waals surface area contributed by atoms with E-state index in [1.807, 2.05) is 0 Å². The number of allylic oxidation sites excluding steroid dienone is 2. The molecule has 1 heterocycles. The van der Waals surface area contributed by atoms with Gasteiger partial charge in [0.15, 0.2) is 0 Å². The topological polar surface area (TPSA) is 20.3 Å². The maximum atomic E-state index is 11.8. The molecule has 0 radical (unpaired) electrons. The number of fused-ring (bicyclic) bond motifs is 1. The number of carbonyl (C=O) groups is 1. The first-order valence-corrected chi connectivity index (χ1v) is 5.40. The second-order valence-electron chi connectivity index (χ2n) is 4.42. The number of nitrogens with zero attached hydrogens (tertiary/aromatic N) is 1. The summed E-state index contributed by atoms with van der Waals surface area (Å²) in [5.41, 5.74) is 2.79. The molecule has 2 unspecified atom stereocenters. The Morgan fingerprint density at radius 2 is 1.71 bits per heavy atom. The summed E-state index contributed by atoms with van der Waals surface area (Å²) in [6.07, 6.45) is 1.88. The van der Waals surface area contributed by atoms with E-state index in [-0.39, 0.29) is 11.8 Å². The summed E-state index contributed by atoms with van der Waals surface area (Å²) in [4.78, 5) is 14.3. The molecule has 0 N–H and O–H groups in total. The van der Waals surface area contributed by atoms with E-state index in [4.69, 9.17) is 12.2 Å². The highest BCUT2D eigenvalue weighted by Crippen LogP contribution is 2.40. The lowest BCUT2D eigenvalue weighted by atomic mass is 9.78. The van der Waals surface area contributed by atoms with Crippen molar-refractivity contribution in [2.75, 3.05) is 7.05 Å². The first-order valence-electron chi connectivity index (χ1n) is 4.99. The third kappa shape index (κ3) is 1.22. The van der Waals surface area contributed by atoms with Gasteiger partial charge in [0.25, 0.3) is 0 Å². The van der Waals surface area contributed by atoms with E-state index in [1.54, 1.807) is 11.9 Å². The summed E-state index contributed by atoms with van der Waals surface area (Å²) in [5.74, 6) is 0.647. The van der Waals surface area contributed by atoms with E-state index in [9.17, 15) is 4.79 Å². The predicted octanol–water partition coefficient (Wildman–Crippen LogP) is 2.15. The van der Waals surface area contributed by atoms with Gasteiger partial charge in [-0.2, -0.15) is 0 Å². The van der Waals surface area contributed by atoms with Crippen LogP contribution in [-0.2, 0) is 4.79 Å². The van der Waals surface area contributed by atoms with E-state index >= 15 is 0 Å². The van der Waals surface area contributed by atoms with Crippen LogP contribution in [-0.4, -0.2) is 22.8 Å². The molecule has 0 saturated carbocycles. The zero-order valence-corrected chi connectivity index (χ0v) is 9.65. The Hall–Kier alpha value is -0.700. The van der Waals surface area contributed by atoms with Gasteiger partial charge in [0, 0.05) is 13.0 Å². The first kappa shape index (κ1) is 9.84. The lowest BCUT2D eigenvalue weighted by Gasteiger charge is -2.24. The molecule has 0 spiro atoms. The summed E-state index contributed by atoms with van der Waals surface area (Å²) >= 11 is 5.29. The first-order chi connectivity index (χ1) is 6.52. The molecule has 1 fully saturated rings. The molecule has 1 aliphatic heterocycles. The van der Waals surface area contributed by atoms with Gasteiger partial charge in [0.2, 0.25) is 5.91 Å². The third-order valence-electron chi connectivity index (χ3n) is 3.56. The molecule has 1 saturated heterocycles. The standard InChI is InChI=1S/C11H15NOS/c1-6-4-8-9(5-7(6)2)11(14)12(3)10(8)13/h8-9H,4-5H2,1-3H3.